The first-order chi connectivity index (χ1) is 14.7. The van der Waals surface area contributed by atoms with E-state index in [2.05, 4.69) is 46.2 Å². The number of nitrogens with one attached hydrogen (secondary N) is 1. The van der Waals surface area contributed by atoms with Gasteiger partial charge in [0.1, 0.15) is 6.33 Å². The zero-order chi connectivity index (χ0) is 20.5. The summed E-state index contributed by atoms with van der Waals surface area (Å²) in [6.07, 6.45) is 3.47. The molecule has 0 atom stereocenters. The molecular formula is C20H17BrClN7O. The van der Waals surface area contributed by atoms with Gasteiger partial charge in [-0.3, -0.25) is 0 Å². The van der Waals surface area contributed by atoms with Gasteiger partial charge in [0.25, 0.3) is 0 Å². The summed E-state index contributed by atoms with van der Waals surface area (Å²) in [5, 5.41) is 9.24. The average Bonchev–Trinajstić information content (AvgIpc) is 3.28. The molecule has 3 heterocycles. The minimum atomic E-state index is 0.477. The summed E-state index contributed by atoms with van der Waals surface area (Å²) in [5.74, 6) is 1.19. The number of anilines is 3. The summed E-state index contributed by atoms with van der Waals surface area (Å²) < 4.78 is 7.94. The lowest BCUT2D eigenvalue weighted by Crippen LogP contribution is -2.37. The molecule has 8 nitrogen and oxygen atoms in total. The van der Waals surface area contributed by atoms with Crippen LogP contribution in [0, 0.1) is 0 Å². The number of rotatable bonds is 4. The van der Waals surface area contributed by atoms with Gasteiger partial charge in [-0.25, -0.2) is 14.6 Å². The van der Waals surface area contributed by atoms with Gasteiger partial charge in [-0.15, -0.1) is 5.10 Å². The van der Waals surface area contributed by atoms with Crippen molar-refractivity contribution >= 4 is 56.0 Å². The van der Waals surface area contributed by atoms with E-state index in [9.17, 15) is 0 Å². The fraction of sp³-hybridized carbons (Fsp3) is 0.200. The van der Waals surface area contributed by atoms with Gasteiger partial charge < -0.3 is 15.0 Å². The van der Waals surface area contributed by atoms with Crippen LogP contribution in [-0.2, 0) is 4.74 Å². The number of ether oxygens (including phenoxy) is 1. The molecule has 4 aromatic rings. The van der Waals surface area contributed by atoms with E-state index in [0.717, 1.165) is 34.3 Å². The highest BCUT2D eigenvalue weighted by Crippen LogP contribution is 2.30. The van der Waals surface area contributed by atoms with Crippen molar-refractivity contribution in [2.45, 2.75) is 0 Å². The molecule has 2 aromatic heterocycles. The second-order valence-electron chi connectivity index (χ2n) is 6.75. The Morgan fingerprint density at radius 1 is 1.03 bits per heavy atom. The predicted octanol–water partition coefficient (Wildman–Crippen LogP) is 4.21. The lowest BCUT2D eigenvalue weighted by Gasteiger charge is -2.25. The van der Waals surface area contributed by atoms with E-state index in [4.69, 9.17) is 16.3 Å². The van der Waals surface area contributed by atoms with E-state index in [-0.39, 0.29) is 0 Å². The maximum absolute atomic E-state index is 6.36. The third kappa shape index (κ3) is 3.83. The fourth-order valence-corrected chi connectivity index (χ4v) is 3.75. The Hall–Kier alpha value is -2.75. The van der Waals surface area contributed by atoms with Crippen LogP contribution in [-0.4, -0.2) is 51.0 Å². The van der Waals surface area contributed by atoms with E-state index in [1.165, 1.54) is 0 Å². The smallest absolute Gasteiger partial charge is 0.245 e. The highest BCUT2D eigenvalue weighted by Gasteiger charge is 2.15. The fourth-order valence-electron chi connectivity index (χ4n) is 3.21. The Labute approximate surface area is 186 Å². The van der Waals surface area contributed by atoms with Crippen molar-refractivity contribution in [3.63, 3.8) is 0 Å². The number of hydrogen-bond donors (Lipinski definition) is 1. The zero-order valence-electron chi connectivity index (χ0n) is 15.8. The molecule has 2 aromatic carbocycles. The third-order valence-electron chi connectivity index (χ3n) is 4.81. The van der Waals surface area contributed by atoms with Gasteiger partial charge in [-0.1, -0.05) is 17.7 Å². The number of aromatic nitrogens is 5. The van der Waals surface area contributed by atoms with Crippen molar-refractivity contribution in [2.24, 2.45) is 0 Å². The third-order valence-corrected chi connectivity index (χ3v) is 6.08. The quantitative estimate of drug-likeness (QED) is 0.463. The van der Waals surface area contributed by atoms with Crippen molar-refractivity contribution < 1.29 is 4.74 Å². The number of morpholine rings is 1. The maximum atomic E-state index is 6.36. The molecule has 1 fully saturated rings. The molecule has 0 spiro atoms. The van der Waals surface area contributed by atoms with Crippen molar-refractivity contribution in [3.8, 4) is 5.69 Å². The average molecular weight is 487 g/mol. The highest BCUT2D eigenvalue weighted by molar-refractivity contribution is 9.10. The molecule has 0 radical (unpaired) electrons. The second kappa shape index (κ2) is 8.17. The summed E-state index contributed by atoms with van der Waals surface area (Å²) in [4.78, 5) is 15.5. The molecule has 5 rings (SSSR count). The number of halogens is 2. The van der Waals surface area contributed by atoms with Crippen molar-refractivity contribution in [1.29, 1.82) is 0 Å². The first kappa shape index (κ1) is 19.2. The van der Waals surface area contributed by atoms with Gasteiger partial charge in [-0.2, -0.15) is 4.98 Å². The summed E-state index contributed by atoms with van der Waals surface area (Å²) in [6, 6.07) is 11.6. The minimum absolute atomic E-state index is 0.477. The lowest BCUT2D eigenvalue weighted by molar-refractivity contribution is 0.122. The van der Waals surface area contributed by atoms with Gasteiger partial charge in [0.05, 0.1) is 29.4 Å². The highest BCUT2D eigenvalue weighted by atomic mass is 79.9. The Morgan fingerprint density at radius 2 is 1.83 bits per heavy atom. The van der Waals surface area contributed by atoms with E-state index in [0.29, 0.717) is 35.6 Å². The van der Waals surface area contributed by atoms with Crippen LogP contribution in [0.15, 0.2) is 53.4 Å². The first-order valence-corrected chi connectivity index (χ1v) is 10.6. The summed E-state index contributed by atoms with van der Waals surface area (Å²) in [7, 11) is 0. The van der Waals surface area contributed by atoms with E-state index in [1.54, 1.807) is 17.2 Å². The largest absolute Gasteiger partial charge is 0.378 e. The van der Waals surface area contributed by atoms with Crippen LogP contribution in [0.3, 0.4) is 0 Å². The summed E-state index contributed by atoms with van der Waals surface area (Å²) >= 11 is 9.79. The molecule has 0 unspecified atom stereocenters. The van der Waals surface area contributed by atoms with Crippen LogP contribution in [0.1, 0.15) is 0 Å². The van der Waals surface area contributed by atoms with Crippen molar-refractivity contribution in [2.75, 3.05) is 36.5 Å². The predicted molar refractivity (Wildman–Crippen MR) is 120 cm³/mol. The molecule has 152 valence electrons. The zero-order valence-corrected chi connectivity index (χ0v) is 18.1. The normalized spacial score (nSPS) is 14.3. The van der Waals surface area contributed by atoms with Gasteiger partial charge in [0.15, 0.2) is 0 Å². The van der Waals surface area contributed by atoms with Crippen LogP contribution in [0.2, 0.25) is 5.02 Å². The Balaban J connectivity index is 1.34. The molecule has 0 bridgehead atoms. The minimum Gasteiger partial charge on any atom is -0.378 e. The Bertz CT molecular complexity index is 1190. The Morgan fingerprint density at radius 3 is 2.63 bits per heavy atom. The molecule has 1 aliphatic heterocycles. The second-order valence-corrected chi connectivity index (χ2v) is 7.99. The van der Waals surface area contributed by atoms with Crippen molar-refractivity contribution in [1.82, 2.24) is 24.7 Å². The molecular weight excluding hydrogens is 470 g/mol. The van der Waals surface area contributed by atoms with E-state index in [1.807, 2.05) is 36.4 Å². The van der Waals surface area contributed by atoms with Crippen LogP contribution < -0.4 is 10.2 Å². The van der Waals surface area contributed by atoms with Crippen LogP contribution in [0.5, 0.6) is 0 Å². The van der Waals surface area contributed by atoms with E-state index < -0.39 is 0 Å². The number of fused-ring (bicyclic) bond motifs is 1. The first-order valence-electron chi connectivity index (χ1n) is 9.40. The van der Waals surface area contributed by atoms with Crippen molar-refractivity contribution in [3.05, 3.63) is 58.4 Å². The molecule has 1 aliphatic rings. The number of hydrogen-bond acceptors (Lipinski definition) is 7. The monoisotopic (exact) mass is 485 g/mol. The molecule has 0 amide bonds. The van der Waals surface area contributed by atoms with Crippen LogP contribution in [0.25, 0.3) is 16.6 Å². The van der Waals surface area contributed by atoms with Crippen LogP contribution >= 0.6 is 27.5 Å². The van der Waals surface area contributed by atoms with Gasteiger partial charge in [0, 0.05) is 34.8 Å². The molecule has 0 aliphatic carbocycles. The summed E-state index contributed by atoms with van der Waals surface area (Å²) in [6.45, 7) is 3.01. The SMILES string of the molecule is Clc1c(Br)ccc2cnc(Nc3ccc(-n4cnc(N5CCOCC5)n4)cc3)nc12. The van der Waals surface area contributed by atoms with Gasteiger partial charge in [-0.05, 0) is 46.3 Å². The van der Waals surface area contributed by atoms with Gasteiger partial charge >= 0.3 is 0 Å². The topological polar surface area (TPSA) is 81.0 Å². The number of nitrogens with zero attached hydrogens (tertiary/aromatic N) is 6. The standard InChI is InChI=1S/C20H17BrClN7O/c21-16-6-1-13-11-23-19(26-18(13)17(16)22)25-14-2-4-15(5-3-14)29-12-24-20(27-29)28-7-9-30-10-8-28/h1-6,11-12H,7-10H2,(H,23,25,26). The van der Waals surface area contributed by atoms with Gasteiger partial charge in [0.2, 0.25) is 11.9 Å². The van der Waals surface area contributed by atoms with Crippen LogP contribution in [0.4, 0.5) is 17.6 Å². The summed E-state index contributed by atoms with van der Waals surface area (Å²) in [5.41, 5.74) is 2.47. The lowest BCUT2D eigenvalue weighted by atomic mass is 10.2. The molecule has 10 heteroatoms. The molecule has 1 saturated heterocycles. The maximum Gasteiger partial charge on any atom is 0.245 e. The van der Waals surface area contributed by atoms with E-state index >= 15 is 0 Å². The molecule has 30 heavy (non-hydrogen) atoms. The molecule has 1 N–H and O–H groups in total. The molecule has 0 saturated carbocycles. The Kier molecular flexibility index (Phi) is 5.24. The number of benzene rings is 2.